The van der Waals surface area contributed by atoms with Gasteiger partial charge >= 0.3 is 0 Å². The Kier molecular flexibility index (Phi) is 3.64. The van der Waals surface area contributed by atoms with Crippen LogP contribution in [0.5, 0.6) is 0 Å². The number of rotatable bonds is 4. The molecular weight excluding hydrogens is 148 g/mol. The summed E-state index contributed by atoms with van der Waals surface area (Å²) in [6.45, 7) is 4.64. The highest BCUT2D eigenvalue weighted by Crippen LogP contribution is 2.19. The van der Waals surface area contributed by atoms with Gasteiger partial charge in [-0.1, -0.05) is 50.1 Å². The van der Waals surface area contributed by atoms with E-state index in [1.807, 2.05) is 0 Å². The molecule has 0 heterocycles. The van der Waals surface area contributed by atoms with Crippen molar-refractivity contribution in [3.63, 3.8) is 0 Å². The molecule has 0 aromatic heterocycles. The Balaban J connectivity index is 2.33. The van der Waals surface area contributed by atoms with E-state index in [9.17, 15) is 0 Å². The van der Waals surface area contributed by atoms with Crippen LogP contribution < -0.4 is 0 Å². The van der Waals surface area contributed by atoms with Gasteiger partial charge in [-0.25, -0.2) is 0 Å². The first-order valence-electron chi connectivity index (χ1n) is 4.72. The third kappa shape index (κ3) is 2.66. The van der Waals surface area contributed by atoms with E-state index in [2.05, 4.69) is 32.1 Å². The molecule has 0 saturated heterocycles. The molecule has 11 heavy (non-hydrogen) atoms. The fourth-order valence-electron chi connectivity index (χ4n) is 1.57. The van der Waals surface area contributed by atoms with Crippen LogP contribution in [0, 0.1) is 0 Å². The van der Waals surface area contributed by atoms with E-state index in [1.165, 1.54) is 19.3 Å². The molecule has 0 N–H and O–H groups in total. The third-order valence-electron chi connectivity index (χ3n) is 2.53. The average molecular weight is 166 g/mol. The Bertz CT molecular complexity index is 164. The summed E-state index contributed by atoms with van der Waals surface area (Å²) in [5, 5.41) is 1.69. The quantitative estimate of drug-likeness (QED) is 0.563. The van der Waals surface area contributed by atoms with E-state index in [-0.39, 0.29) is 9.52 Å². The standard InChI is InChI=1S/C10H18Si/c1-3-9(4-2)11-10-7-5-6-8-10/h5,7-9H,3-4,6,11H2,1-2H3. The van der Waals surface area contributed by atoms with E-state index >= 15 is 0 Å². The topological polar surface area (TPSA) is 0 Å². The van der Waals surface area contributed by atoms with E-state index in [0.29, 0.717) is 0 Å². The summed E-state index contributed by atoms with van der Waals surface area (Å²) in [6, 6.07) is 0. The molecule has 0 saturated carbocycles. The van der Waals surface area contributed by atoms with Crippen LogP contribution in [0.3, 0.4) is 0 Å². The molecule has 1 aliphatic carbocycles. The normalized spacial score (nSPS) is 17.2. The number of hydrogen-bond donors (Lipinski definition) is 0. The molecule has 0 fully saturated rings. The lowest BCUT2D eigenvalue weighted by molar-refractivity contribution is 0.761. The van der Waals surface area contributed by atoms with Gasteiger partial charge in [-0.2, -0.15) is 0 Å². The highest BCUT2D eigenvalue weighted by Gasteiger charge is 2.07. The maximum absolute atomic E-state index is 2.41. The zero-order chi connectivity index (χ0) is 8.10. The van der Waals surface area contributed by atoms with Crippen molar-refractivity contribution < 1.29 is 0 Å². The molecule has 0 nitrogen and oxygen atoms in total. The predicted molar refractivity (Wildman–Crippen MR) is 54.7 cm³/mol. The Morgan fingerprint density at radius 3 is 2.64 bits per heavy atom. The molecule has 0 aromatic rings. The van der Waals surface area contributed by atoms with Gasteiger partial charge in [0.05, 0.1) is 9.52 Å². The maximum Gasteiger partial charge on any atom is 0.0573 e. The molecule has 0 unspecified atom stereocenters. The van der Waals surface area contributed by atoms with Gasteiger partial charge in [0.25, 0.3) is 0 Å². The van der Waals surface area contributed by atoms with Crippen molar-refractivity contribution in [3.05, 3.63) is 23.4 Å². The molecule has 62 valence electrons. The van der Waals surface area contributed by atoms with Crippen LogP contribution in [0.2, 0.25) is 5.54 Å². The average Bonchev–Trinajstić information content (AvgIpc) is 2.52. The third-order valence-corrected chi connectivity index (χ3v) is 5.25. The molecule has 1 heteroatoms. The highest BCUT2D eigenvalue weighted by molar-refractivity contribution is 6.48. The van der Waals surface area contributed by atoms with Crippen LogP contribution in [-0.2, 0) is 0 Å². The SMILES string of the molecule is CCC(CC)[SiH2]C1=CCC=C1. The summed E-state index contributed by atoms with van der Waals surface area (Å²) < 4.78 is 0. The summed E-state index contributed by atoms with van der Waals surface area (Å²) in [7, 11) is 0.0760. The van der Waals surface area contributed by atoms with E-state index in [1.54, 1.807) is 5.20 Å². The van der Waals surface area contributed by atoms with Crippen molar-refractivity contribution in [2.24, 2.45) is 0 Å². The summed E-state index contributed by atoms with van der Waals surface area (Å²) in [5.74, 6) is 0. The molecule has 1 rings (SSSR count). The second kappa shape index (κ2) is 4.55. The Morgan fingerprint density at radius 1 is 1.45 bits per heavy atom. The number of hydrogen-bond acceptors (Lipinski definition) is 0. The van der Waals surface area contributed by atoms with Crippen molar-refractivity contribution in [3.8, 4) is 0 Å². The summed E-state index contributed by atoms with van der Waals surface area (Å²) in [6.07, 6.45) is 11.0. The van der Waals surface area contributed by atoms with Crippen LogP contribution in [0.1, 0.15) is 33.1 Å². The van der Waals surface area contributed by atoms with Crippen molar-refractivity contribution >= 4 is 9.52 Å². The molecule has 0 aliphatic heterocycles. The summed E-state index contributed by atoms with van der Waals surface area (Å²) >= 11 is 0. The first-order chi connectivity index (χ1) is 5.36. The lowest BCUT2D eigenvalue weighted by Gasteiger charge is -2.10. The smallest absolute Gasteiger partial charge is 0.0573 e. The Hall–Kier alpha value is -0.303. The molecule has 0 bridgehead atoms. The van der Waals surface area contributed by atoms with Crippen LogP contribution in [-0.4, -0.2) is 9.52 Å². The van der Waals surface area contributed by atoms with Crippen molar-refractivity contribution in [1.29, 1.82) is 0 Å². The zero-order valence-corrected chi connectivity index (χ0v) is 9.05. The second-order valence-electron chi connectivity index (χ2n) is 3.30. The van der Waals surface area contributed by atoms with Gasteiger partial charge in [-0.05, 0) is 12.0 Å². The van der Waals surface area contributed by atoms with Gasteiger partial charge in [0.2, 0.25) is 0 Å². The van der Waals surface area contributed by atoms with Gasteiger partial charge in [0, 0.05) is 0 Å². The summed E-state index contributed by atoms with van der Waals surface area (Å²) in [4.78, 5) is 0. The van der Waals surface area contributed by atoms with Gasteiger partial charge in [0.1, 0.15) is 0 Å². The summed E-state index contributed by atoms with van der Waals surface area (Å²) in [5.41, 5.74) is 1.05. The van der Waals surface area contributed by atoms with Crippen molar-refractivity contribution in [2.75, 3.05) is 0 Å². The first-order valence-corrected chi connectivity index (χ1v) is 6.24. The van der Waals surface area contributed by atoms with Gasteiger partial charge < -0.3 is 0 Å². The van der Waals surface area contributed by atoms with Gasteiger partial charge in [-0.3, -0.25) is 0 Å². The molecule has 1 aliphatic rings. The molecule has 0 spiro atoms. The van der Waals surface area contributed by atoms with Gasteiger partial charge in [0.15, 0.2) is 0 Å². The number of allylic oxidation sites excluding steroid dienone is 4. The second-order valence-corrected chi connectivity index (χ2v) is 5.68. The van der Waals surface area contributed by atoms with Crippen LogP contribution >= 0.6 is 0 Å². The lowest BCUT2D eigenvalue weighted by Crippen LogP contribution is -2.02. The zero-order valence-electron chi connectivity index (χ0n) is 7.64. The molecule has 0 amide bonds. The Morgan fingerprint density at radius 2 is 2.18 bits per heavy atom. The predicted octanol–water partition coefficient (Wildman–Crippen LogP) is 2.61. The Labute approximate surface area is 72.2 Å². The largest absolute Gasteiger partial charge is 0.0822 e. The monoisotopic (exact) mass is 166 g/mol. The fourth-order valence-corrected chi connectivity index (χ4v) is 3.45. The van der Waals surface area contributed by atoms with Crippen LogP contribution in [0.25, 0.3) is 0 Å². The minimum atomic E-state index is 0.0760. The van der Waals surface area contributed by atoms with E-state index < -0.39 is 0 Å². The maximum atomic E-state index is 2.41. The molecule has 0 aromatic carbocycles. The lowest BCUT2D eigenvalue weighted by atomic mass is 10.3. The fraction of sp³-hybridized carbons (Fsp3) is 0.600. The van der Waals surface area contributed by atoms with Crippen LogP contribution in [0.15, 0.2) is 23.4 Å². The van der Waals surface area contributed by atoms with Gasteiger partial charge in [-0.15, -0.1) is 0 Å². The minimum Gasteiger partial charge on any atom is -0.0822 e. The highest BCUT2D eigenvalue weighted by atomic mass is 28.2. The minimum absolute atomic E-state index is 0.0760. The first kappa shape index (κ1) is 8.79. The molecule has 0 radical (unpaired) electrons. The van der Waals surface area contributed by atoms with Crippen molar-refractivity contribution in [2.45, 2.75) is 38.7 Å². The molecule has 0 atom stereocenters. The van der Waals surface area contributed by atoms with E-state index in [0.717, 1.165) is 5.54 Å². The molecular formula is C10H18Si. The van der Waals surface area contributed by atoms with Crippen molar-refractivity contribution in [1.82, 2.24) is 0 Å². The van der Waals surface area contributed by atoms with Crippen LogP contribution in [0.4, 0.5) is 0 Å². The van der Waals surface area contributed by atoms with E-state index in [4.69, 9.17) is 0 Å².